The summed E-state index contributed by atoms with van der Waals surface area (Å²) in [5, 5.41) is 15.0. The first-order valence-corrected chi connectivity index (χ1v) is 10.4. The van der Waals surface area contributed by atoms with Gasteiger partial charge < -0.3 is 14.6 Å². The van der Waals surface area contributed by atoms with E-state index in [1.54, 1.807) is 31.4 Å². The van der Waals surface area contributed by atoms with Gasteiger partial charge in [0.2, 0.25) is 0 Å². The summed E-state index contributed by atoms with van der Waals surface area (Å²) in [6, 6.07) is 21.7. The maximum Gasteiger partial charge on any atom is 0.272 e. The van der Waals surface area contributed by atoms with Gasteiger partial charge >= 0.3 is 0 Å². The molecule has 0 aliphatic rings. The molecule has 0 radical (unpaired) electrons. The maximum absolute atomic E-state index is 13.0. The number of ether oxygens (including phenoxy) is 2. The Kier molecular flexibility index (Phi) is 6.50. The lowest BCUT2D eigenvalue weighted by Crippen LogP contribution is -2.18. The molecule has 3 aromatic carbocycles. The number of hydrogen-bond donors (Lipinski definition) is 2. The van der Waals surface area contributed by atoms with E-state index in [4.69, 9.17) is 14.5 Å². The summed E-state index contributed by atoms with van der Waals surface area (Å²) in [4.78, 5) is 17.7. The number of benzene rings is 3. The van der Waals surface area contributed by atoms with Crippen molar-refractivity contribution >= 4 is 23.0 Å². The number of nitrogens with zero attached hydrogens (tertiary/aromatic N) is 2. The number of phenolic OH excluding ortho intramolecular Hbond substituents is 1. The molecule has 7 nitrogen and oxygen atoms in total. The molecule has 0 unspecified atom stereocenters. The predicted octanol–water partition coefficient (Wildman–Crippen LogP) is 4.78. The molecule has 2 N–H and O–H groups in total. The molecular formula is C26H23N3O4. The van der Waals surface area contributed by atoms with E-state index in [1.807, 2.05) is 55.5 Å². The summed E-state index contributed by atoms with van der Waals surface area (Å²) >= 11 is 0. The zero-order chi connectivity index (χ0) is 23.2. The number of methoxy groups -OCH3 is 1. The van der Waals surface area contributed by atoms with Crippen LogP contribution < -0.4 is 14.9 Å². The highest BCUT2D eigenvalue weighted by Crippen LogP contribution is 2.29. The van der Waals surface area contributed by atoms with Crippen molar-refractivity contribution in [1.82, 2.24) is 10.4 Å². The lowest BCUT2D eigenvalue weighted by molar-refractivity contribution is 0.0956. The van der Waals surface area contributed by atoms with Crippen LogP contribution in [0, 0.1) is 0 Å². The lowest BCUT2D eigenvalue weighted by atomic mass is 10.0. The first-order chi connectivity index (χ1) is 16.1. The minimum absolute atomic E-state index is 0.0338. The van der Waals surface area contributed by atoms with Gasteiger partial charge in [0, 0.05) is 16.5 Å². The van der Waals surface area contributed by atoms with Gasteiger partial charge in [-0.15, -0.1) is 0 Å². The number of para-hydroxylation sites is 2. The summed E-state index contributed by atoms with van der Waals surface area (Å²) in [6.45, 7) is 2.26. The monoisotopic (exact) mass is 441 g/mol. The van der Waals surface area contributed by atoms with E-state index < -0.39 is 0 Å². The van der Waals surface area contributed by atoms with Gasteiger partial charge in [0.25, 0.3) is 5.91 Å². The normalized spacial score (nSPS) is 11.0. The number of fused-ring (bicyclic) bond motifs is 1. The quantitative estimate of drug-likeness (QED) is 0.318. The fourth-order valence-corrected chi connectivity index (χ4v) is 3.41. The Morgan fingerprint density at radius 3 is 2.64 bits per heavy atom. The Hall–Kier alpha value is -4.39. The third-order valence-corrected chi connectivity index (χ3v) is 5.05. The van der Waals surface area contributed by atoms with Crippen LogP contribution in [0.25, 0.3) is 22.2 Å². The van der Waals surface area contributed by atoms with E-state index >= 15 is 0 Å². The number of carbonyl (C=O) groups is 1. The van der Waals surface area contributed by atoms with Crippen molar-refractivity contribution in [3.63, 3.8) is 0 Å². The van der Waals surface area contributed by atoms with Crippen molar-refractivity contribution in [3.05, 3.63) is 83.9 Å². The van der Waals surface area contributed by atoms with Crippen molar-refractivity contribution in [2.24, 2.45) is 5.10 Å². The summed E-state index contributed by atoms with van der Waals surface area (Å²) in [7, 11) is 1.61. The Labute approximate surface area is 191 Å². The molecule has 0 saturated carbocycles. The van der Waals surface area contributed by atoms with Crippen molar-refractivity contribution in [1.29, 1.82) is 0 Å². The van der Waals surface area contributed by atoms with E-state index in [9.17, 15) is 9.90 Å². The summed E-state index contributed by atoms with van der Waals surface area (Å²) in [6.07, 6.45) is 1.38. The van der Waals surface area contributed by atoms with Gasteiger partial charge in [0.1, 0.15) is 5.75 Å². The molecule has 4 rings (SSSR count). The molecule has 1 aromatic heterocycles. The van der Waals surface area contributed by atoms with E-state index in [2.05, 4.69) is 10.5 Å². The average Bonchev–Trinajstić information content (AvgIpc) is 2.85. The molecule has 0 atom stereocenters. The highest BCUT2D eigenvalue weighted by atomic mass is 16.5. The molecule has 0 aliphatic heterocycles. The summed E-state index contributed by atoms with van der Waals surface area (Å²) in [5.74, 6) is 0.675. The fourth-order valence-electron chi connectivity index (χ4n) is 3.41. The number of nitrogens with one attached hydrogen (secondary N) is 1. The Bertz CT molecular complexity index is 1320. The number of rotatable bonds is 7. The number of carbonyl (C=O) groups excluding carboxylic acids is 1. The van der Waals surface area contributed by atoms with Gasteiger partial charge in [0.15, 0.2) is 11.5 Å². The number of aromatic hydroxyl groups is 1. The Balaban J connectivity index is 1.64. The van der Waals surface area contributed by atoms with Gasteiger partial charge in [-0.05, 0) is 55.5 Å². The van der Waals surface area contributed by atoms with Crippen LogP contribution in [0.3, 0.4) is 0 Å². The first kappa shape index (κ1) is 21.8. The van der Waals surface area contributed by atoms with Crippen LogP contribution in [0.4, 0.5) is 0 Å². The second-order valence-corrected chi connectivity index (χ2v) is 7.13. The smallest absolute Gasteiger partial charge is 0.272 e. The third kappa shape index (κ3) is 4.77. The number of amides is 1. The molecule has 1 heterocycles. The highest BCUT2D eigenvalue weighted by molar-refractivity contribution is 6.07. The lowest BCUT2D eigenvalue weighted by Gasteiger charge is -2.10. The fraction of sp³-hybridized carbons (Fsp3) is 0.115. The van der Waals surface area contributed by atoms with E-state index in [1.165, 1.54) is 6.21 Å². The van der Waals surface area contributed by atoms with Crippen LogP contribution >= 0.6 is 0 Å². The Morgan fingerprint density at radius 1 is 1.09 bits per heavy atom. The molecule has 0 spiro atoms. The number of pyridine rings is 1. The molecule has 33 heavy (non-hydrogen) atoms. The summed E-state index contributed by atoms with van der Waals surface area (Å²) < 4.78 is 10.6. The van der Waals surface area contributed by atoms with Crippen LogP contribution in [-0.4, -0.2) is 35.9 Å². The average molecular weight is 441 g/mol. The van der Waals surface area contributed by atoms with Crippen LogP contribution in [0.1, 0.15) is 22.8 Å². The molecule has 0 fully saturated rings. The van der Waals surface area contributed by atoms with Crippen molar-refractivity contribution in [3.8, 4) is 28.5 Å². The molecule has 7 heteroatoms. The van der Waals surface area contributed by atoms with Crippen LogP contribution in [-0.2, 0) is 0 Å². The van der Waals surface area contributed by atoms with E-state index in [-0.39, 0.29) is 11.7 Å². The van der Waals surface area contributed by atoms with E-state index in [0.717, 1.165) is 11.3 Å². The molecule has 0 aliphatic carbocycles. The number of hydrazone groups is 1. The van der Waals surface area contributed by atoms with Crippen LogP contribution in [0.15, 0.2) is 77.9 Å². The third-order valence-electron chi connectivity index (χ3n) is 5.05. The number of aromatic nitrogens is 1. The number of hydrogen-bond acceptors (Lipinski definition) is 6. The Morgan fingerprint density at radius 2 is 1.88 bits per heavy atom. The molecule has 1 amide bonds. The van der Waals surface area contributed by atoms with Gasteiger partial charge in [-0.25, -0.2) is 10.4 Å². The van der Waals surface area contributed by atoms with Gasteiger partial charge in [-0.2, -0.15) is 5.10 Å². The van der Waals surface area contributed by atoms with Gasteiger partial charge in [0.05, 0.1) is 36.7 Å². The van der Waals surface area contributed by atoms with Crippen molar-refractivity contribution in [2.75, 3.05) is 13.7 Å². The van der Waals surface area contributed by atoms with Crippen molar-refractivity contribution < 1.29 is 19.4 Å². The first-order valence-electron chi connectivity index (χ1n) is 10.4. The minimum Gasteiger partial charge on any atom is -0.504 e. The molecule has 166 valence electrons. The van der Waals surface area contributed by atoms with Gasteiger partial charge in [-0.1, -0.05) is 24.3 Å². The molecular weight excluding hydrogens is 418 g/mol. The van der Waals surface area contributed by atoms with Crippen molar-refractivity contribution in [2.45, 2.75) is 6.92 Å². The predicted molar refractivity (Wildman–Crippen MR) is 128 cm³/mol. The second-order valence-electron chi connectivity index (χ2n) is 7.13. The van der Waals surface area contributed by atoms with Crippen LogP contribution in [0.5, 0.6) is 17.2 Å². The molecule has 0 bridgehead atoms. The standard InChI is InChI=1S/C26H23N3O4/c1-3-33-24-10-6-7-18(25(24)30)16-27-29-26(31)21-15-23(17-11-13-19(32-2)14-12-17)28-22-9-5-4-8-20(21)22/h4-16,30H,3H2,1-2H3,(H,29,31). The second kappa shape index (κ2) is 9.82. The molecule has 0 saturated heterocycles. The SMILES string of the molecule is CCOc1cccc(C=NNC(=O)c2cc(-c3ccc(OC)cc3)nc3ccccc23)c1O. The topological polar surface area (TPSA) is 93.0 Å². The summed E-state index contributed by atoms with van der Waals surface area (Å²) in [5.41, 5.74) is 5.63. The minimum atomic E-state index is -0.389. The van der Waals surface area contributed by atoms with E-state index in [0.29, 0.717) is 40.1 Å². The largest absolute Gasteiger partial charge is 0.504 e. The zero-order valence-corrected chi connectivity index (χ0v) is 18.3. The molecule has 4 aromatic rings. The van der Waals surface area contributed by atoms with Gasteiger partial charge in [-0.3, -0.25) is 4.79 Å². The maximum atomic E-state index is 13.0. The zero-order valence-electron chi connectivity index (χ0n) is 18.3. The highest BCUT2D eigenvalue weighted by Gasteiger charge is 2.14. The van der Waals surface area contributed by atoms with Crippen LogP contribution in [0.2, 0.25) is 0 Å². The number of phenols is 1.